The first-order valence-corrected chi connectivity index (χ1v) is 7.67. The molecular weight excluding hydrogens is 328 g/mol. The number of nitriles is 1. The van der Waals surface area contributed by atoms with Gasteiger partial charge < -0.3 is 9.47 Å². The normalized spacial score (nSPS) is 39.5. The summed E-state index contributed by atoms with van der Waals surface area (Å²) in [5, 5.41) is 4.04. The van der Waals surface area contributed by atoms with E-state index in [2.05, 4.69) is 4.74 Å². The standard InChI is InChI=1S/C11H9F2NO7S/c12-11(13,22(17,18)19)9(16)20-6-4-1-5-7(6)21-8(15)10(5,2-4)3-14/h4-7H,1-2H2,(H,17,18,19). The van der Waals surface area contributed by atoms with Gasteiger partial charge in [-0.25, -0.2) is 4.79 Å². The molecule has 5 unspecified atom stereocenters. The highest BCUT2D eigenvalue weighted by Crippen LogP contribution is 2.62. The molecule has 0 radical (unpaired) electrons. The molecule has 120 valence electrons. The highest BCUT2D eigenvalue weighted by Gasteiger charge is 2.73. The van der Waals surface area contributed by atoms with Gasteiger partial charge in [-0.3, -0.25) is 9.35 Å². The lowest BCUT2D eigenvalue weighted by Gasteiger charge is -2.28. The Bertz CT molecular complexity index is 714. The zero-order chi connectivity index (χ0) is 16.5. The van der Waals surface area contributed by atoms with E-state index in [-0.39, 0.29) is 12.8 Å². The minimum Gasteiger partial charge on any atom is -0.457 e. The van der Waals surface area contributed by atoms with Crippen LogP contribution in [0, 0.1) is 28.6 Å². The summed E-state index contributed by atoms with van der Waals surface area (Å²) in [6, 6.07) is 1.88. The number of fused-ring (bicyclic) bond motifs is 1. The van der Waals surface area contributed by atoms with E-state index in [0.717, 1.165) is 0 Å². The second kappa shape index (κ2) is 4.14. The molecule has 1 aliphatic heterocycles. The molecule has 22 heavy (non-hydrogen) atoms. The van der Waals surface area contributed by atoms with Gasteiger partial charge in [0.25, 0.3) is 0 Å². The van der Waals surface area contributed by atoms with Crippen LogP contribution in [-0.4, -0.2) is 42.4 Å². The fourth-order valence-corrected chi connectivity index (χ4v) is 3.84. The maximum atomic E-state index is 13.2. The highest BCUT2D eigenvalue weighted by molar-refractivity contribution is 7.87. The maximum absolute atomic E-state index is 13.2. The lowest BCUT2D eigenvalue weighted by atomic mass is 9.75. The molecule has 2 aliphatic carbocycles. The Labute approximate surface area is 122 Å². The number of nitrogens with zero attached hydrogens (tertiary/aromatic N) is 1. The van der Waals surface area contributed by atoms with Crippen molar-refractivity contribution in [1.82, 2.24) is 0 Å². The van der Waals surface area contributed by atoms with Gasteiger partial charge >= 0.3 is 27.3 Å². The van der Waals surface area contributed by atoms with Crippen LogP contribution in [0.15, 0.2) is 0 Å². The number of ether oxygens (including phenoxy) is 2. The summed E-state index contributed by atoms with van der Waals surface area (Å²) in [7, 11) is -5.97. The fourth-order valence-electron chi connectivity index (χ4n) is 3.59. The highest BCUT2D eigenvalue weighted by atomic mass is 32.2. The zero-order valence-electron chi connectivity index (χ0n) is 10.7. The van der Waals surface area contributed by atoms with Gasteiger partial charge in [-0.1, -0.05) is 0 Å². The van der Waals surface area contributed by atoms with Gasteiger partial charge in [0.15, 0.2) is 5.41 Å². The number of rotatable bonds is 3. The van der Waals surface area contributed by atoms with Gasteiger partial charge in [0.05, 0.1) is 6.07 Å². The van der Waals surface area contributed by atoms with Crippen molar-refractivity contribution in [2.45, 2.75) is 30.3 Å². The van der Waals surface area contributed by atoms with Crippen molar-refractivity contribution < 1.29 is 40.8 Å². The van der Waals surface area contributed by atoms with Gasteiger partial charge in [-0.05, 0) is 12.8 Å². The van der Waals surface area contributed by atoms with E-state index in [4.69, 9.17) is 14.6 Å². The molecule has 1 heterocycles. The maximum Gasteiger partial charge on any atom is 0.465 e. The van der Waals surface area contributed by atoms with Gasteiger partial charge in [-0.15, -0.1) is 0 Å². The van der Waals surface area contributed by atoms with Crippen LogP contribution >= 0.6 is 0 Å². The summed E-state index contributed by atoms with van der Waals surface area (Å²) >= 11 is 0. The molecular formula is C11H9F2NO7S. The quantitative estimate of drug-likeness (QED) is 0.556. The molecule has 5 atom stereocenters. The fraction of sp³-hybridized carbons (Fsp3) is 0.727. The Hall–Kier alpha value is -1.80. The third kappa shape index (κ3) is 1.65. The largest absolute Gasteiger partial charge is 0.465 e. The molecule has 0 aromatic carbocycles. The van der Waals surface area contributed by atoms with Crippen molar-refractivity contribution in [3.05, 3.63) is 0 Å². The summed E-state index contributed by atoms with van der Waals surface area (Å²) in [5.41, 5.74) is -1.34. The lowest BCUT2D eigenvalue weighted by Crippen LogP contribution is -2.45. The van der Waals surface area contributed by atoms with E-state index in [1.165, 1.54) is 0 Å². The molecule has 8 nitrogen and oxygen atoms in total. The first-order chi connectivity index (χ1) is 10.0. The average Bonchev–Trinajstić information content (AvgIpc) is 2.99. The number of hydrogen-bond donors (Lipinski definition) is 1. The molecule has 2 bridgehead atoms. The lowest BCUT2D eigenvalue weighted by molar-refractivity contribution is -0.176. The SMILES string of the molecule is N#CC12CC3CC1C(OC2=O)C3OC(=O)C(F)(F)S(=O)(=O)O. The van der Waals surface area contributed by atoms with Crippen molar-refractivity contribution in [3.63, 3.8) is 0 Å². The Morgan fingerprint density at radius 1 is 1.55 bits per heavy atom. The Morgan fingerprint density at radius 2 is 2.18 bits per heavy atom. The van der Waals surface area contributed by atoms with Gasteiger partial charge in [0.1, 0.15) is 12.2 Å². The summed E-state index contributed by atoms with van der Waals surface area (Å²) in [6.07, 6.45) is -2.02. The molecule has 0 aromatic rings. The Balaban J connectivity index is 1.82. The van der Waals surface area contributed by atoms with Crippen LogP contribution in [0.1, 0.15) is 12.8 Å². The number of alkyl halides is 2. The Morgan fingerprint density at radius 3 is 2.73 bits per heavy atom. The zero-order valence-corrected chi connectivity index (χ0v) is 11.5. The summed E-state index contributed by atoms with van der Waals surface area (Å²) in [4.78, 5) is 23.1. The van der Waals surface area contributed by atoms with Crippen molar-refractivity contribution >= 4 is 22.1 Å². The molecule has 1 N–H and O–H groups in total. The monoisotopic (exact) mass is 337 g/mol. The molecule has 0 spiro atoms. The van der Waals surface area contributed by atoms with Crippen molar-refractivity contribution in [1.29, 1.82) is 5.26 Å². The molecule has 0 amide bonds. The van der Waals surface area contributed by atoms with Gasteiger partial charge in [-0.2, -0.15) is 22.5 Å². The van der Waals surface area contributed by atoms with Crippen LogP contribution in [0.3, 0.4) is 0 Å². The predicted molar refractivity (Wildman–Crippen MR) is 60.5 cm³/mol. The summed E-state index contributed by atoms with van der Waals surface area (Å²) < 4.78 is 65.2. The molecule has 3 rings (SSSR count). The number of esters is 2. The van der Waals surface area contributed by atoms with Crippen LogP contribution in [0.4, 0.5) is 8.78 Å². The van der Waals surface area contributed by atoms with E-state index >= 15 is 0 Å². The number of carbonyl (C=O) groups is 2. The van der Waals surface area contributed by atoms with E-state index in [9.17, 15) is 26.8 Å². The van der Waals surface area contributed by atoms with Crippen LogP contribution in [0.25, 0.3) is 0 Å². The molecule has 3 aliphatic rings. The van der Waals surface area contributed by atoms with Crippen molar-refractivity contribution in [2.75, 3.05) is 0 Å². The number of hydrogen-bond acceptors (Lipinski definition) is 7. The second-order valence-electron chi connectivity index (χ2n) is 5.62. The average molecular weight is 337 g/mol. The predicted octanol–water partition coefficient (Wildman–Crippen LogP) is -0.146. The van der Waals surface area contributed by atoms with E-state index in [1.807, 2.05) is 6.07 Å². The first kappa shape index (κ1) is 15.1. The number of carbonyl (C=O) groups excluding carboxylic acids is 2. The first-order valence-electron chi connectivity index (χ1n) is 6.23. The van der Waals surface area contributed by atoms with Gasteiger partial charge in [0.2, 0.25) is 0 Å². The molecule has 0 aromatic heterocycles. The van der Waals surface area contributed by atoms with Crippen molar-refractivity contribution in [3.8, 4) is 6.07 Å². The van der Waals surface area contributed by atoms with Crippen molar-refractivity contribution in [2.24, 2.45) is 17.3 Å². The van der Waals surface area contributed by atoms with Crippen LogP contribution in [0.5, 0.6) is 0 Å². The minimum atomic E-state index is -5.97. The topological polar surface area (TPSA) is 131 Å². The Kier molecular flexibility index (Phi) is 2.84. The smallest absolute Gasteiger partial charge is 0.457 e. The summed E-state index contributed by atoms with van der Waals surface area (Å²) in [5.74, 6) is -4.35. The minimum absolute atomic E-state index is 0.00110. The van der Waals surface area contributed by atoms with Crippen LogP contribution in [0.2, 0.25) is 0 Å². The van der Waals surface area contributed by atoms with Crippen LogP contribution < -0.4 is 0 Å². The third-order valence-electron chi connectivity index (χ3n) is 4.57. The molecule has 3 fully saturated rings. The van der Waals surface area contributed by atoms with Gasteiger partial charge in [0, 0.05) is 11.8 Å². The third-order valence-corrected chi connectivity index (χ3v) is 5.39. The molecule has 1 saturated heterocycles. The second-order valence-corrected chi connectivity index (χ2v) is 7.08. The number of halogens is 2. The molecule has 2 saturated carbocycles. The van der Waals surface area contributed by atoms with E-state index in [0.29, 0.717) is 0 Å². The van der Waals surface area contributed by atoms with E-state index < -0.39 is 56.8 Å². The van der Waals surface area contributed by atoms with Crippen LogP contribution in [-0.2, 0) is 29.2 Å². The summed E-state index contributed by atoms with van der Waals surface area (Å²) in [6.45, 7) is 0. The molecule has 11 heteroatoms. The van der Waals surface area contributed by atoms with E-state index in [1.54, 1.807) is 0 Å².